The molecule has 1 aromatic rings. The molecular formula is C17H28ClN3. The molecule has 0 spiro atoms. The molecule has 1 unspecified atom stereocenters. The van der Waals surface area contributed by atoms with Crippen LogP contribution in [-0.2, 0) is 6.54 Å². The number of anilines is 1. The topological polar surface area (TPSA) is 18.5 Å². The zero-order valence-corrected chi connectivity index (χ0v) is 14.7. The number of hydrogen-bond acceptors (Lipinski definition) is 3. The molecule has 1 aliphatic heterocycles. The highest BCUT2D eigenvalue weighted by atomic mass is 35.5. The van der Waals surface area contributed by atoms with E-state index in [-0.39, 0.29) is 5.54 Å². The van der Waals surface area contributed by atoms with Crippen LogP contribution in [0.4, 0.5) is 5.69 Å². The molecule has 0 saturated carbocycles. The van der Waals surface area contributed by atoms with Crippen molar-refractivity contribution in [3.05, 3.63) is 28.8 Å². The summed E-state index contributed by atoms with van der Waals surface area (Å²) in [6, 6.07) is 6.91. The van der Waals surface area contributed by atoms with Gasteiger partial charge in [-0.3, -0.25) is 0 Å². The number of halogens is 1. The van der Waals surface area contributed by atoms with Crippen LogP contribution in [0.1, 0.15) is 32.8 Å². The number of likely N-dealkylation sites (N-methyl/N-ethyl adjacent to an activating group) is 1. The second-order valence-electron chi connectivity index (χ2n) is 7.23. The number of hydrogen-bond donors (Lipinski definition) is 1. The average molecular weight is 310 g/mol. The van der Waals surface area contributed by atoms with Gasteiger partial charge in [0.05, 0.1) is 0 Å². The third kappa shape index (κ3) is 4.60. The van der Waals surface area contributed by atoms with Crippen LogP contribution >= 0.6 is 11.6 Å². The summed E-state index contributed by atoms with van der Waals surface area (Å²) in [4.78, 5) is 4.81. The number of nitrogens with zero attached hydrogens (tertiary/aromatic N) is 2. The lowest BCUT2D eigenvalue weighted by molar-refractivity contribution is 0.315. The quantitative estimate of drug-likeness (QED) is 0.920. The summed E-state index contributed by atoms with van der Waals surface area (Å²) in [5.74, 6) is 0. The molecule has 1 heterocycles. The summed E-state index contributed by atoms with van der Waals surface area (Å²) in [7, 11) is 4.33. The Bertz CT molecular complexity index is 479. The van der Waals surface area contributed by atoms with E-state index in [1.54, 1.807) is 0 Å². The monoisotopic (exact) mass is 309 g/mol. The molecule has 1 atom stereocenters. The smallest absolute Gasteiger partial charge is 0.0413 e. The predicted octanol–water partition coefficient (Wildman–Crippen LogP) is 3.37. The highest BCUT2D eigenvalue weighted by molar-refractivity contribution is 6.30. The Labute approximate surface area is 134 Å². The van der Waals surface area contributed by atoms with E-state index in [2.05, 4.69) is 62.1 Å². The van der Waals surface area contributed by atoms with Gasteiger partial charge in [0.2, 0.25) is 0 Å². The second-order valence-corrected chi connectivity index (χ2v) is 7.67. The van der Waals surface area contributed by atoms with Gasteiger partial charge in [-0.25, -0.2) is 0 Å². The van der Waals surface area contributed by atoms with Gasteiger partial charge in [0.15, 0.2) is 0 Å². The Morgan fingerprint density at radius 3 is 2.62 bits per heavy atom. The van der Waals surface area contributed by atoms with Gasteiger partial charge in [0, 0.05) is 41.9 Å². The van der Waals surface area contributed by atoms with E-state index in [0.29, 0.717) is 6.04 Å². The fourth-order valence-corrected chi connectivity index (χ4v) is 2.94. The maximum Gasteiger partial charge on any atom is 0.0413 e. The average Bonchev–Trinajstić information content (AvgIpc) is 2.85. The van der Waals surface area contributed by atoms with Crippen LogP contribution in [0, 0.1) is 0 Å². The number of nitrogens with one attached hydrogen (secondary N) is 1. The first kappa shape index (κ1) is 16.6. The van der Waals surface area contributed by atoms with E-state index in [4.69, 9.17) is 11.6 Å². The predicted molar refractivity (Wildman–Crippen MR) is 92.3 cm³/mol. The molecule has 1 aromatic carbocycles. The molecule has 118 valence electrons. The summed E-state index contributed by atoms with van der Waals surface area (Å²) >= 11 is 6.20. The number of rotatable bonds is 4. The van der Waals surface area contributed by atoms with E-state index in [1.165, 1.54) is 17.7 Å². The van der Waals surface area contributed by atoms with Gasteiger partial charge < -0.3 is 15.1 Å². The summed E-state index contributed by atoms with van der Waals surface area (Å²) in [5, 5.41) is 4.38. The zero-order chi connectivity index (χ0) is 15.6. The first-order chi connectivity index (χ1) is 9.76. The Hall–Kier alpha value is -0.770. The standard InChI is InChI=1S/C17H28ClN3/c1-17(2,3)19-11-13-10-14(18)6-7-16(13)21-9-8-15(12-21)20(4)5/h6-7,10,15,19H,8-9,11-12H2,1-5H3. The van der Waals surface area contributed by atoms with Gasteiger partial charge in [-0.15, -0.1) is 0 Å². The molecule has 3 nitrogen and oxygen atoms in total. The van der Waals surface area contributed by atoms with Crippen LogP contribution < -0.4 is 10.2 Å². The zero-order valence-electron chi connectivity index (χ0n) is 13.9. The molecule has 1 saturated heterocycles. The third-order valence-corrected chi connectivity index (χ3v) is 4.32. The van der Waals surface area contributed by atoms with Crippen molar-refractivity contribution in [1.82, 2.24) is 10.2 Å². The highest BCUT2D eigenvalue weighted by Gasteiger charge is 2.25. The second kappa shape index (κ2) is 6.55. The van der Waals surface area contributed by atoms with Crippen LogP contribution in [0.15, 0.2) is 18.2 Å². The molecule has 0 amide bonds. The van der Waals surface area contributed by atoms with Gasteiger partial charge in [-0.05, 0) is 65.0 Å². The molecule has 1 aliphatic rings. The fraction of sp³-hybridized carbons (Fsp3) is 0.647. The van der Waals surface area contributed by atoms with Crippen molar-refractivity contribution in [1.29, 1.82) is 0 Å². The van der Waals surface area contributed by atoms with E-state index in [0.717, 1.165) is 24.7 Å². The number of benzene rings is 1. The Kier molecular flexibility index (Phi) is 5.18. The molecule has 2 rings (SSSR count). The van der Waals surface area contributed by atoms with Crippen LogP contribution in [-0.4, -0.2) is 43.7 Å². The lowest BCUT2D eigenvalue weighted by Gasteiger charge is -2.26. The van der Waals surface area contributed by atoms with Crippen molar-refractivity contribution in [2.75, 3.05) is 32.1 Å². The first-order valence-electron chi connectivity index (χ1n) is 7.71. The van der Waals surface area contributed by atoms with Crippen molar-refractivity contribution in [2.24, 2.45) is 0 Å². The van der Waals surface area contributed by atoms with Crippen molar-refractivity contribution in [2.45, 2.75) is 45.3 Å². The fourth-order valence-electron chi connectivity index (χ4n) is 2.75. The molecule has 0 aliphatic carbocycles. The van der Waals surface area contributed by atoms with Crippen LogP contribution in [0.5, 0.6) is 0 Å². The SMILES string of the molecule is CN(C)C1CCN(c2ccc(Cl)cc2CNC(C)(C)C)C1. The molecule has 1 fully saturated rings. The van der Waals surface area contributed by atoms with E-state index < -0.39 is 0 Å². The minimum atomic E-state index is 0.108. The summed E-state index contributed by atoms with van der Waals surface area (Å²) in [6.07, 6.45) is 1.22. The summed E-state index contributed by atoms with van der Waals surface area (Å²) < 4.78 is 0. The Balaban J connectivity index is 2.15. The van der Waals surface area contributed by atoms with E-state index >= 15 is 0 Å². The maximum absolute atomic E-state index is 6.20. The lowest BCUT2D eigenvalue weighted by atomic mass is 10.1. The normalized spacial score (nSPS) is 19.6. The molecule has 21 heavy (non-hydrogen) atoms. The highest BCUT2D eigenvalue weighted by Crippen LogP contribution is 2.28. The van der Waals surface area contributed by atoms with Crippen molar-refractivity contribution in [3.63, 3.8) is 0 Å². The minimum absolute atomic E-state index is 0.108. The molecular weight excluding hydrogens is 282 g/mol. The molecule has 0 aromatic heterocycles. The van der Waals surface area contributed by atoms with Gasteiger partial charge >= 0.3 is 0 Å². The van der Waals surface area contributed by atoms with Gasteiger partial charge in [-0.2, -0.15) is 0 Å². The van der Waals surface area contributed by atoms with Crippen molar-refractivity contribution in [3.8, 4) is 0 Å². The van der Waals surface area contributed by atoms with Gasteiger partial charge in [-0.1, -0.05) is 11.6 Å². The van der Waals surface area contributed by atoms with Crippen molar-refractivity contribution < 1.29 is 0 Å². The van der Waals surface area contributed by atoms with Crippen LogP contribution in [0.25, 0.3) is 0 Å². The summed E-state index contributed by atoms with van der Waals surface area (Å²) in [5.41, 5.74) is 2.72. The molecule has 0 radical (unpaired) electrons. The van der Waals surface area contributed by atoms with Gasteiger partial charge in [0.25, 0.3) is 0 Å². The van der Waals surface area contributed by atoms with Crippen LogP contribution in [0.3, 0.4) is 0 Å². The minimum Gasteiger partial charge on any atom is -0.370 e. The molecule has 0 bridgehead atoms. The summed E-state index contributed by atoms with van der Waals surface area (Å²) in [6.45, 7) is 9.63. The molecule has 1 N–H and O–H groups in total. The van der Waals surface area contributed by atoms with Crippen LogP contribution in [0.2, 0.25) is 5.02 Å². The Morgan fingerprint density at radius 1 is 1.33 bits per heavy atom. The largest absolute Gasteiger partial charge is 0.370 e. The lowest BCUT2D eigenvalue weighted by Crippen LogP contribution is -2.36. The van der Waals surface area contributed by atoms with Gasteiger partial charge in [0.1, 0.15) is 0 Å². The van der Waals surface area contributed by atoms with Crippen molar-refractivity contribution >= 4 is 17.3 Å². The first-order valence-corrected chi connectivity index (χ1v) is 8.09. The molecule has 4 heteroatoms. The maximum atomic E-state index is 6.20. The van der Waals surface area contributed by atoms with E-state index in [9.17, 15) is 0 Å². The Morgan fingerprint density at radius 2 is 2.05 bits per heavy atom. The third-order valence-electron chi connectivity index (χ3n) is 4.09. The van der Waals surface area contributed by atoms with E-state index in [1.807, 2.05) is 6.07 Å².